The summed E-state index contributed by atoms with van der Waals surface area (Å²) in [6, 6.07) is 7.67. The van der Waals surface area contributed by atoms with Crippen molar-refractivity contribution in [1.29, 1.82) is 0 Å². The topological polar surface area (TPSA) is 43.4 Å². The van der Waals surface area contributed by atoms with Crippen LogP contribution in [-0.2, 0) is 20.3 Å². The maximum Gasteiger partial charge on any atom is 0.306 e. The Bertz CT molecular complexity index is 641. The molecule has 1 fully saturated rings. The van der Waals surface area contributed by atoms with Gasteiger partial charge in [0.25, 0.3) is 0 Å². The largest absolute Gasteiger partial charge is 0.460 e. The third kappa shape index (κ3) is 6.60. The van der Waals surface area contributed by atoms with Crippen LogP contribution in [0.5, 0.6) is 0 Å². The third-order valence-electron chi connectivity index (χ3n) is 5.19. The Morgan fingerprint density at radius 1 is 1.11 bits per heavy atom. The van der Waals surface area contributed by atoms with Gasteiger partial charge in [-0.15, -0.1) is 11.6 Å². The number of benzene rings is 1. The molecule has 1 aromatic rings. The lowest BCUT2D eigenvalue weighted by Gasteiger charge is -2.38. The average molecular weight is 413 g/mol. The molecule has 0 aromatic heterocycles. The maximum atomic E-state index is 13.3. The van der Waals surface area contributed by atoms with E-state index in [0.717, 1.165) is 49.0 Å². The van der Waals surface area contributed by atoms with Gasteiger partial charge in [0.05, 0.1) is 17.2 Å². The molecule has 3 nitrogen and oxygen atoms in total. The zero-order valence-electron chi connectivity index (χ0n) is 17.1. The summed E-state index contributed by atoms with van der Waals surface area (Å²) in [5.74, 6) is -0.241. The Hall–Kier alpha value is -0.870. The highest BCUT2D eigenvalue weighted by atomic mass is 35.5. The number of carbonyl (C=O) groups excluding carboxylic acids is 1. The number of hydrogen-bond acceptors (Lipinski definition) is 3. The van der Waals surface area contributed by atoms with E-state index in [1.807, 2.05) is 52.0 Å². The Kier molecular flexibility index (Phi) is 7.94. The molecular formula is C22H33ClO3S. The number of halogens is 1. The highest BCUT2D eigenvalue weighted by Crippen LogP contribution is 2.45. The molecule has 5 heteroatoms. The van der Waals surface area contributed by atoms with Crippen LogP contribution < -0.4 is 0 Å². The van der Waals surface area contributed by atoms with E-state index in [2.05, 4.69) is 0 Å². The Morgan fingerprint density at radius 3 is 2.15 bits per heavy atom. The van der Waals surface area contributed by atoms with Gasteiger partial charge in [0.15, 0.2) is 0 Å². The summed E-state index contributed by atoms with van der Waals surface area (Å²) in [6.45, 7) is 7.62. The lowest BCUT2D eigenvalue weighted by molar-refractivity contribution is -0.157. The van der Waals surface area contributed by atoms with E-state index >= 15 is 0 Å². The summed E-state index contributed by atoms with van der Waals surface area (Å²) >= 11 is 6.87. The fourth-order valence-corrected chi connectivity index (χ4v) is 5.80. The molecular weight excluding hydrogens is 380 g/mol. The normalized spacial score (nSPS) is 20.2. The highest BCUT2D eigenvalue weighted by molar-refractivity contribution is 7.87. The van der Waals surface area contributed by atoms with Gasteiger partial charge in [-0.1, -0.05) is 49.8 Å². The molecule has 1 aromatic carbocycles. The van der Waals surface area contributed by atoms with Crippen molar-refractivity contribution >= 4 is 28.4 Å². The first-order valence-corrected chi connectivity index (χ1v) is 11.6. The fourth-order valence-electron chi connectivity index (χ4n) is 3.78. The predicted octanol–water partition coefficient (Wildman–Crippen LogP) is 6.13. The van der Waals surface area contributed by atoms with Gasteiger partial charge in [-0.2, -0.15) is 0 Å². The van der Waals surface area contributed by atoms with E-state index in [4.69, 9.17) is 16.3 Å². The van der Waals surface area contributed by atoms with Crippen molar-refractivity contribution in [2.45, 2.75) is 94.3 Å². The van der Waals surface area contributed by atoms with Crippen LogP contribution in [-0.4, -0.2) is 20.5 Å². The minimum atomic E-state index is -1.37. The van der Waals surface area contributed by atoms with Crippen LogP contribution in [0.25, 0.3) is 0 Å². The molecule has 0 bridgehead atoms. The second kappa shape index (κ2) is 9.56. The number of ether oxygens (including phenoxy) is 1. The minimum Gasteiger partial charge on any atom is -0.460 e. The standard InChI is InChI=1S/C22H33ClO3S/c1-17-10-12-18(13-11-17)27(25)20(23)22(14-8-6-5-7-9-15-22)16-19(24)26-21(2,3)4/h10-13,20H,5-9,14-16H2,1-4H3. The molecule has 0 aliphatic heterocycles. The van der Waals surface area contributed by atoms with Crippen LogP contribution in [0.2, 0.25) is 0 Å². The van der Waals surface area contributed by atoms with Gasteiger partial charge in [-0.25, -0.2) is 0 Å². The number of aryl methyl sites for hydroxylation is 1. The lowest BCUT2D eigenvalue weighted by atomic mass is 9.75. The van der Waals surface area contributed by atoms with E-state index in [9.17, 15) is 9.00 Å². The molecule has 1 aliphatic rings. The molecule has 1 aliphatic carbocycles. The molecule has 0 heterocycles. The summed E-state index contributed by atoms with van der Waals surface area (Å²) in [7, 11) is -1.37. The second-order valence-electron chi connectivity index (χ2n) is 8.82. The van der Waals surface area contributed by atoms with Crippen LogP contribution >= 0.6 is 11.6 Å². The maximum absolute atomic E-state index is 13.3. The van der Waals surface area contributed by atoms with Crippen LogP contribution in [0.1, 0.15) is 77.7 Å². The molecule has 2 atom stereocenters. The Balaban J connectivity index is 2.27. The van der Waals surface area contributed by atoms with Gasteiger partial charge < -0.3 is 4.74 Å². The lowest BCUT2D eigenvalue weighted by Crippen LogP contribution is -2.39. The van der Waals surface area contributed by atoms with Crippen molar-refractivity contribution in [3.63, 3.8) is 0 Å². The van der Waals surface area contributed by atoms with E-state index in [1.54, 1.807) is 0 Å². The van der Waals surface area contributed by atoms with E-state index in [0.29, 0.717) is 0 Å². The summed E-state index contributed by atoms with van der Waals surface area (Å²) in [6.07, 6.45) is 7.38. The smallest absolute Gasteiger partial charge is 0.306 e. The van der Waals surface area contributed by atoms with Gasteiger partial charge >= 0.3 is 5.97 Å². The highest BCUT2D eigenvalue weighted by Gasteiger charge is 2.43. The first-order valence-electron chi connectivity index (χ1n) is 9.96. The molecule has 0 spiro atoms. The number of hydrogen-bond donors (Lipinski definition) is 0. The predicted molar refractivity (Wildman–Crippen MR) is 112 cm³/mol. The number of alkyl halides is 1. The molecule has 2 rings (SSSR count). The third-order valence-corrected chi connectivity index (χ3v) is 7.75. The van der Waals surface area contributed by atoms with Gasteiger partial charge in [0.1, 0.15) is 10.3 Å². The average Bonchev–Trinajstić information content (AvgIpc) is 2.55. The molecule has 0 radical (unpaired) electrons. The van der Waals surface area contributed by atoms with E-state index in [-0.39, 0.29) is 12.4 Å². The van der Waals surface area contributed by atoms with Crippen molar-refractivity contribution in [2.24, 2.45) is 5.41 Å². The van der Waals surface area contributed by atoms with Crippen molar-refractivity contribution in [3.8, 4) is 0 Å². The first-order chi connectivity index (χ1) is 12.6. The molecule has 0 amide bonds. The number of rotatable bonds is 5. The van der Waals surface area contributed by atoms with Crippen molar-refractivity contribution in [2.75, 3.05) is 0 Å². The first kappa shape index (κ1) is 22.4. The summed E-state index contributed by atoms with van der Waals surface area (Å²) < 4.78 is 18.2. The van der Waals surface area contributed by atoms with Gasteiger partial charge in [-0.3, -0.25) is 9.00 Å². The zero-order chi connectivity index (χ0) is 20.1. The van der Waals surface area contributed by atoms with Gasteiger partial charge in [0.2, 0.25) is 0 Å². The zero-order valence-corrected chi connectivity index (χ0v) is 18.6. The number of esters is 1. The van der Waals surface area contributed by atoms with E-state index in [1.165, 1.54) is 6.42 Å². The molecule has 1 saturated carbocycles. The van der Waals surface area contributed by atoms with Crippen LogP contribution in [0, 0.1) is 12.3 Å². The van der Waals surface area contributed by atoms with E-state index < -0.39 is 26.5 Å². The molecule has 152 valence electrons. The quantitative estimate of drug-likeness (QED) is 0.431. The molecule has 0 saturated heterocycles. The van der Waals surface area contributed by atoms with Crippen LogP contribution in [0.3, 0.4) is 0 Å². The van der Waals surface area contributed by atoms with Crippen molar-refractivity contribution < 1.29 is 13.7 Å². The summed E-state index contributed by atoms with van der Waals surface area (Å²) in [5, 5.41) is 0. The van der Waals surface area contributed by atoms with Crippen LogP contribution in [0.15, 0.2) is 29.2 Å². The molecule has 2 unspecified atom stereocenters. The summed E-state index contributed by atoms with van der Waals surface area (Å²) in [5.41, 5.74) is 0.106. The fraction of sp³-hybridized carbons (Fsp3) is 0.682. The van der Waals surface area contributed by atoms with Gasteiger partial charge in [0, 0.05) is 10.3 Å². The SMILES string of the molecule is Cc1ccc(S(=O)C(Cl)C2(CC(=O)OC(C)(C)C)CCCCCCC2)cc1. The van der Waals surface area contributed by atoms with Crippen molar-refractivity contribution in [1.82, 2.24) is 0 Å². The monoisotopic (exact) mass is 412 g/mol. The minimum absolute atomic E-state index is 0.232. The second-order valence-corrected chi connectivity index (χ2v) is 11.1. The Morgan fingerprint density at radius 2 is 1.63 bits per heavy atom. The van der Waals surface area contributed by atoms with Crippen LogP contribution in [0.4, 0.5) is 0 Å². The summed E-state index contributed by atoms with van der Waals surface area (Å²) in [4.78, 5) is 13.4. The molecule has 0 N–H and O–H groups in total. The Labute approximate surface area is 171 Å². The number of carbonyl (C=O) groups is 1. The van der Waals surface area contributed by atoms with Crippen molar-refractivity contribution in [3.05, 3.63) is 29.8 Å². The molecule has 27 heavy (non-hydrogen) atoms. The van der Waals surface area contributed by atoms with Gasteiger partial charge in [-0.05, 0) is 52.7 Å².